The Hall–Kier alpha value is -2.33. The Balaban J connectivity index is 1.75. The number of ether oxygens (including phenoxy) is 1. The number of carbonyl (C=O) groups excluding carboxylic acids is 1. The highest BCUT2D eigenvalue weighted by atomic mass is 16.5. The molecule has 1 spiro atoms. The summed E-state index contributed by atoms with van der Waals surface area (Å²) in [5.41, 5.74) is 4.63. The lowest BCUT2D eigenvalue weighted by Gasteiger charge is -2.48. The van der Waals surface area contributed by atoms with Crippen LogP contribution in [-0.2, 0) is 15.1 Å². The third kappa shape index (κ3) is 1.69. The number of carbonyl (C=O) groups is 1. The molecule has 4 nitrogen and oxygen atoms in total. The molecule has 2 aromatic carbocycles. The molecule has 2 N–H and O–H groups in total. The summed E-state index contributed by atoms with van der Waals surface area (Å²) >= 11 is 0. The normalized spacial score (nSPS) is 30.1. The SMILES string of the molecule is Cc1ccc2c(c1)[C@H]1OCCC[C@H]1C1(N2)C(=O)Nc2ccccc21. The fourth-order valence-electron chi connectivity index (χ4n) is 4.64. The van der Waals surface area contributed by atoms with Crippen molar-refractivity contribution >= 4 is 17.3 Å². The van der Waals surface area contributed by atoms with Crippen LogP contribution in [-0.4, -0.2) is 12.5 Å². The minimum Gasteiger partial charge on any atom is -0.373 e. The minimum absolute atomic E-state index is 0.0354. The maximum atomic E-state index is 13.1. The quantitative estimate of drug-likeness (QED) is 0.777. The van der Waals surface area contributed by atoms with Crippen molar-refractivity contribution in [3.8, 4) is 0 Å². The largest absolute Gasteiger partial charge is 0.373 e. The summed E-state index contributed by atoms with van der Waals surface area (Å²) in [6.07, 6.45) is 1.93. The number of hydrogen-bond acceptors (Lipinski definition) is 3. The van der Waals surface area contributed by atoms with E-state index in [0.717, 1.165) is 36.4 Å². The smallest absolute Gasteiger partial charge is 0.255 e. The molecule has 0 saturated carbocycles. The van der Waals surface area contributed by atoms with Gasteiger partial charge in [0, 0.05) is 35.0 Å². The van der Waals surface area contributed by atoms with Gasteiger partial charge in [0.05, 0.1) is 6.10 Å². The van der Waals surface area contributed by atoms with Crippen LogP contribution < -0.4 is 10.6 Å². The van der Waals surface area contributed by atoms with E-state index in [0.29, 0.717) is 0 Å². The van der Waals surface area contributed by atoms with Crippen LogP contribution in [0.2, 0.25) is 0 Å². The number of fused-ring (bicyclic) bond motifs is 6. The topological polar surface area (TPSA) is 50.4 Å². The fourth-order valence-corrected chi connectivity index (χ4v) is 4.64. The van der Waals surface area contributed by atoms with Gasteiger partial charge in [-0.15, -0.1) is 0 Å². The molecule has 1 amide bonds. The van der Waals surface area contributed by atoms with Crippen molar-refractivity contribution in [2.45, 2.75) is 31.4 Å². The zero-order valence-electron chi connectivity index (χ0n) is 13.6. The summed E-state index contributed by atoms with van der Waals surface area (Å²) in [6, 6.07) is 14.4. The number of anilines is 2. The highest BCUT2D eigenvalue weighted by molar-refractivity contribution is 6.08. The first kappa shape index (κ1) is 14.1. The lowest BCUT2D eigenvalue weighted by molar-refractivity contribution is -0.128. The molecule has 3 atom stereocenters. The van der Waals surface area contributed by atoms with Crippen molar-refractivity contribution in [1.29, 1.82) is 0 Å². The first-order valence-electron chi connectivity index (χ1n) is 8.61. The Morgan fingerprint density at radius 1 is 1.17 bits per heavy atom. The second-order valence-electron chi connectivity index (χ2n) is 7.06. The molecule has 3 aliphatic heterocycles. The second kappa shape index (κ2) is 4.84. The van der Waals surface area contributed by atoms with E-state index in [-0.39, 0.29) is 17.9 Å². The molecule has 1 fully saturated rings. The molecule has 0 aliphatic carbocycles. The highest BCUT2D eigenvalue weighted by Crippen LogP contribution is 2.56. The summed E-state index contributed by atoms with van der Waals surface area (Å²) in [5, 5.41) is 6.69. The Labute approximate surface area is 141 Å². The standard InChI is InChI=1S/C20H20N2O2/c1-12-8-9-16-13(11-12)18-15(6-4-10-24-18)20(22-16)14-5-2-3-7-17(14)21-19(20)23/h2-3,5,7-9,11,15,18,22H,4,6,10H2,1H3,(H,21,23)/t15-,18-,20?/m1/s1. The van der Waals surface area contributed by atoms with Gasteiger partial charge in [-0.1, -0.05) is 35.9 Å². The molecule has 4 heteroatoms. The molecule has 1 saturated heterocycles. The van der Waals surface area contributed by atoms with E-state index in [1.165, 1.54) is 11.1 Å². The minimum atomic E-state index is -0.732. The van der Waals surface area contributed by atoms with Crippen LogP contribution in [0.25, 0.3) is 0 Å². The van der Waals surface area contributed by atoms with Gasteiger partial charge in [0.2, 0.25) is 0 Å². The maximum absolute atomic E-state index is 13.1. The first-order valence-corrected chi connectivity index (χ1v) is 8.61. The number of aryl methyl sites for hydroxylation is 1. The lowest BCUT2D eigenvalue weighted by Crippen LogP contribution is -2.54. The Bertz CT molecular complexity index is 847. The van der Waals surface area contributed by atoms with Gasteiger partial charge in [0.15, 0.2) is 5.54 Å². The summed E-state index contributed by atoms with van der Waals surface area (Å²) in [7, 11) is 0. The van der Waals surface area contributed by atoms with E-state index < -0.39 is 5.54 Å². The van der Waals surface area contributed by atoms with Crippen LogP contribution >= 0.6 is 0 Å². The molecule has 24 heavy (non-hydrogen) atoms. The number of para-hydroxylation sites is 1. The fraction of sp³-hybridized carbons (Fsp3) is 0.350. The first-order chi connectivity index (χ1) is 11.7. The number of benzene rings is 2. The molecule has 2 aromatic rings. The Morgan fingerprint density at radius 3 is 2.96 bits per heavy atom. The summed E-state index contributed by atoms with van der Waals surface area (Å²) in [6.45, 7) is 2.86. The number of amides is 1. The van der Waals surface area contributed by atoms with Crippen molar-refractivity contribution in [2.75, 3.05) is 17.2 Å². The van der Waals surface area contributed by atoms with Gasteiger partial charge in [-0.3, -0.25) is 4.79 Å². The van der Waals surface area contributed by atoms with Crippen LogP contribution in [0.5, 0.6) is 0 Å². The third-order valence-corrected chi connectivity index (χ3v) is 5.68. The van der Waals surface area contributed by atoms with E-state index in [1.807, 2.05) is 18.2 Å². The lowest BCUT2D eigenvalue weighted by atomic mass is 9.68. The predicted octanol–water partition coefficient (Wildman–Crippen LogP) is 3.74. The average molecular weight is 320 g/mol. The molecule has 0 bridgehead atoms. The molecular formula is C20H20N2O2. The average Bonchev–Trinajstić information content (AvgIpc) is 2.89. The van der Waals surface area contributed by atoms with Crippen molar-refractivity contribution in [3.63, 3.8) is 0 Å². The van der Waals surface area contributed by atoms with Crippen molar-refractivity contribution in [3.05, 3.63) is 59.2 Å². The third-order valence-electron chi connectivity index (χ3n) is 5.68. The van der Waals surface area contributed by atoms with Gasteiger partial charge in [0.25, 0.3) is 5.91 Å². The monoisotopic (exact) mass is 320 g/mol. The van der Waals surface area contributed by atoms with Crippen LogP contribution in [0, 0.1) is 12.8 Å². The zero-order chi connectivity index (χ0) is 16.3. The van der Waals surface area contributed by atoms with Gasteiger partial charge < -0.3 is 15.4 Å². The molecule has 3 heterocycles. The molecule has 3 aliphatic rings. The summed E-state index contributed by atoms with van der Waals surface area (Å²) in [5.74, 6) is 0.139. The number of hydrogen-bond donors (Lipinski definition) is 2. The van der Waals surface area contributed by atoms with Crippen molar-refractivity contribution in [2.24, 2.45) is 5.92 Å². The summed E-state index contributed by atoms with van der Waals surface area (Å²) in [4.78, 5) is 13.1. The Morgan fingerprint density at radius 2 is 2.04 bits per heavy atom. The van der Waals surface area contributed by atoms with E-state index in [9.17, 15) is 4.79 Å². The van der Waals surface area contributed by atoms with Crippen molar-refractivity contribution in [1.82, 2.24) is 0 Å². The van der Waals surface area contributed by atoms with E-state index in [1.54, 1.807) is 0 Å². The van der Waals surface area contributed by atoms with Gasteiger partial charge in [-0.25, -0.2) is 0 Å². The molecule has 0 aromatic heterocycles. The van der Waals surface area contributed by atoms with Crippen LogP contribution in [0.1, 0.15) is 35.6 Å². The zero-order valence-corrected chi connectivity index (χ0v) is 13.6. The van der Waals surface area contributed by atoms with E-state index in [4.69, 9.17) is 4.74 Å². The van der Waals surface area contributed by atoms with E-state index in [2.05, 4.69) is 41.8 Å². The molecule has 1 unspecified atom stereocenters. The number of rotatable bonds is 0. The molecular weight excluding hydrogens is 300 g/mol. The van der Waals surface area contributed by atoms with E-state index >= 15 is 0 Å². The van der Waals surface area contributed by atoms with Crippen LogP contribution in [0.15, 0.2) is 42.5 Å². The van der Waals surface area contributed by atoms with Gasteiger partial charge in [-0.2, -0.15) is 0 Å². The molecule has 5 rings (SSSR count). The Kier molecular flexibility index (Phi) is 2.83. The van der Waals surface area contributed by atoms with Gasteiger partial charge in [0.1, 0.15) is 0 Å². The van der Waals surface area contributed by atoms with Gasteiger partial charge in [-0.05, 0) is 31.9 Å². The predicted molar refractivity (Wildman–Crippen MR) is 93.0 cm³/mol. The van der Waals surface area contributed by atoms with Gasteiger partial charge >= 0.3 is 0 Å². The number of nitrogens with one attached hydrogen (secondary N) is 2. The van der Waals surface area contributed by atoms with Crippen LogP contribution in [0.3, 0.4) is 0 Å². The second-order valence-corrected chi connectivity index (χ2v) is 7.06. The maximum Gasteiger partial charge on any atom is 0.255 e. The van der Waals surface area contributed by atoms with Crippen LogP contribution in [0.4, 0.5) is 11.4 Å². The summed E-state index contributed by atoms with van der Waals surface area (Å²) < 4.78 is 6.19. The molecule has 0 radical (unpaired) electrons. The molecule has 122 valence electrons. The van der Waals surface area contributed by atoms with Crippen molar-refractivity contribution < 1.29 is 9.53 Å². The highest BCUT2D eigenvalue weighted by Gasteiger charge is 2.58.